The van der Waals surface area contributed by atoms with Crippen molar-refractivity contribution in [3.8, 4) is 0 Å². The van der Waals surface area contributed by atoms with Crippen molar-refractivity contribution in [3.63, 3.8) is 0 Å². The van der Waals surface area contributed by atoms with Gasteiger partial charge in [-0.2, -0.15) is 0 Å². The van der Waals surface area contributed by atoms with E-state index in [-0.39, 0.29) is 17.9 Å². The molecule has 78 valence electrons. The fourth-order valence-corrected chi connectivity index (χ4v) is 1.23. The van der Waals surface area contributed by atoms with E-state index in [1.165, 1.54) is 0 Å². The molecule has 0 radical (unpaired) electrons. The second kappa shape index (κ2) is 6.38. The monoisotopic (exact) mass is 251 g/mol. The first kappa shape index (κ1) is 12.9. The molecular formula is C9H18BrNO2. The number of amides is 1. The number of alkyl halides is 1. The summed E-state index contributed by atoms with van der Waals surface area (Å²) < 4.78 is 0. The van der Waals surface area contributed by atoms with Gasteiger partial charge in [0.05, 0.1) is 5.33 Å². The molecule has 0 aromatic carbocycles. The average Bonchev–Trinajstić information content (AvgIpc) is 2.11. The van der Waals surface area contributed by atoms with Gasteiger partial charge in [0.15, 0.2) is 0 Å². The third kappa shape index (κ3) is 7.02. The standard InChI is InChI=1S/C9H18BrNO2/c1-9(2,4-3-5-12)7-11-8(13)6-10/h12H,3-7H2,1-2H3,(H,11,13). The molecule has 0 spiro atoms. The minimum absolute atomic E-state index is 0.0112. The van der Waals surface area contributed by atoms with Gasteiger partial charge in [-0.1, -0.05) is 29.8 Å². The summed E-state index contributed by atoms with van der Waals surface area (Å²) >= 11 is 3.08. The summed E-state index contributed by atoms with van der Waals surface area (Å²) in [5.74, 6) is 0.0112. The van der Waals surface area contributed by atoms with E-state index in [0.29, 0.717) is 11.9 Å². The quantitative estimate of drug-likeness (QED) is 0.700. The Balaban J connectivity index is 3.67. The highest BCUT2D eigenvalue weighted by Crippen LogP contribution is 2.20. The highest BCUT2D eigenvalue weighted by atomic mass is 79.9. The van der Waals surface area contributed by atoms with Gasteiger partial charge in [-0.25, -0.2) is 0 Å². The van der Waals surface area contributed by atoms with Crippen LogP contribution >= 0.6 is 15.9 Å². The minimum atomic E-state index is 0.0112. The van der Waals surface area contributed by atoms with Crippen molar-refractivity contribution in [1.82, 2.24) is 5.32 Å². The largest absolute Gasteiger partial charge is 0.396 e. The van der Waals surface area contributed by atoms with Gasteiger partial charge in [0.25, 0.3) is 0 Å². The Bertz CT molecular complexity index is 160. The number of hydrogen-bond donors (Lipinski definition) is 2. The van der Waals surface area contributed by atoms with Crippen molar-refractivity contribution in [2.75, 3.05) is 18.5 Å². The highest BCUT2D eigenvalue weighted by Gasteiger charge is 2.17. The zero-order valence-corrected chi connectivity index (χ0v) is 9.85. The third-order valence-corrected chi connectivity index (χ3v) is 2.41. The molecule has 1 amide bonds. The van der Waals surface area contributed by atoms with Crippen LogP contribution in [0.3, 0.4) is 0 Å². The van der Waals surface area contributed by atoms with Crippen LogP contribution in [0.4, 0.5) is 0 Å². The Morgan fingerprint density at radius 1 is 1.54 bits per heavy atom. The van der Waals surface area contributed by atoms with Crippen LogP contribution in [0.15, 0.2) is 0 Å². The van der Waals surface area contributed by atoms with Gasteiger partial charge in [-0.05, 0) is 18.3 Å². The summed E-state index contributed by atoms with van der Waals surface area (Å²) in [6, 6.07) is 0. The molecule has 0 aromatic rings. The Labute approximate surface area is 88.0 Å². The zero-order chi connectivity index (χ0) is 10.3. The van der Waals surface area contributed by atoms with Gasteiger partial charge < -0.3 is 10.4 Å². The Morgan fingerprint density at radius 3 is 2.62 bits per heavy atom. The van der Waals surface area contributed by atoms with E-state index in [4.69, 9.17) is 5.11 Å². The maximum atomic E-state index is 10.9. The van der Waals surface area contributed by atoms with Crippen LogP contribution in [0, 0.1) is 5.41 Å². The number of aliphatic hydroxyl groups is 1. The van der Waals surface area contributed by atoms with Crippen molar-refractivity contribution in [2.24, 2.45) is 5.41 Å². The number of nitrogens with one attached hydrogen (secondary N) is 1. The van der Waals surface area contributed by atoms with Crippen molar-refractivity contribution in [3.05, 3.63) is 0 Å². The van der Waals surface area contributed by atoms with Crippen molar-refractivity contribution in [2.45, 2.75) is 26.7 Å². The molecule has 0 saturated heterocycles. The summed E-state index contributed by atoms with van der Waals surface area (Å²) in [5.41, 5.74) is 0.0700. The van der Waals surface area contributed by atoms with Gasteiger partial charge in [-0.3, -0.25) is 4.79 Å². The van der Waals surface area contributed by atoms with Crippen LogP contribution in [0.5, 0.6) is 0 Å². The second-order valence-electron chi connectivity index (χ2n) is 3.90. The maximum Gasteiger partial charge on any atom is 0.230 e. The zero-order valence-electron chi connectivity index (χ0n) is 8.27. The molecule has 2 N–H and O–H groups in total. The molecule has 0 fully saturated rings. The first-order valence-electron chi connectivity index (χ1n) is 4.45. The minimum Gasteiger partial charge on any atom is -0.396 e. The molecule has 0 rings (SSSR count). The van der Waals surface area contributed by atoms with E-state index in [1.54, 1.807) is 0 Å². The Morgan fingerprint density at radius 2 is 2.15 bits per heavy atom. The molecule has 0 saturated carbocycles. The molecule has 0 bridgehead atoms. The van der Waals surface area contributed by atoms with Crippen molar-refractivity contribution < 1.29 is 9.90 Å². The number of hydrogen-bond acceptors (Lipinski definition) is 2. The van der Waals surface area contributed by atoms with Crippen LogP contribution in [0.2, 0.25) is 0 Å². The fraction of sp³-hybridized carbons (Fsp3) is 0.889. The topological polar surface area (TPSA) is 49.3 Å². The average molecular weight is 252 g/mol. The van der Waals surface area contributed by atoms with Gasteiger partial charge in [-0.15, -0.1) is 0 Å². The molecule has 0 unspecified atom stereocenters. The molecule has 0 aromatic heterocycles. The number of aliphatic hydroxyl groups excluding tert-OH is 1. The SMILES string of the molecule is CC(C)(CCCO)CNC(=O)CBr. The summed E-state index contributed by atoms with van der Waals surface area (Å²) in [6.45, 7) is 5.04. The fourth-order valence-electron chi connectivity index (χ4n) is 1.03. The summed E-state index contributed by atoms with van der Waals surface area (Å²) in [6.07, 6.45) is 1.71. The highest BCUT2D eigenvalue weighted by molar-refractivity contribution is 9.09. The molecule has 3 nitrogen and oxygen atoms in total. The van der Waals surface area contributed by atoms with E-state index in [1.807, 2.05) is 0 Å². The van der Waals surface area contributed by atoms with E-state index in [9.17, 15) is 4.79 Å². The molecule has 0 aliphatic heterocycles. The van der Waals surface area contributed by atoms with Crippen LogP contribution in [0.1, 0.15) is 26.7 Å². The molecule has 0 aliphatic carbocycles. The van der Waals surface area contributed by atoms with Crippen LogP contribution in [-0.4, -0.2) is 29.5 Å². The Hall–Kier alpha value is -0.0900. The number of halogens is 1. The van der Waals surface area contributed by atoms with Crippen molar-refractivity contribution in [1.29, 1.82) is 0 Å². The number of carbonyl (C=O) groups is 1. The normalized spacial score (nSPS) is 11.4. The van der Waals surface area contributed by atoms with Crippen molar-refractivity contribution >= 4 is 21.8 Å². The molecule has 0 heterocycles. The summed E-state index contributed by atoms with van der Waals surface area (Å²) in [4.78, 5) is 10.9. The van der Waals surface area contributed by atoms with Gasteiger partial charge in [0.1, 0.15) is 0 Å². The molecule has 13 heavy (non-hydrogen) atoms. The third-order valence-electron chi connectivity index (χ3n) is 1.90. The smallest absolute Gasteiger partial charge is 0.230 e. The first-order chi connectivity index (χ1) is 6.02. The van der Waals surface area contributed by atoms with Gasteiger partial charge >= 0.3 is 0 Å². The first-order valence-corrected chi connectivity index (χ1v) is 5.57. The second-order valence-corrected chi connectivity index (χ2v) is 4.46. The maximum absolute atomic E-state index is 10.9. The number of rotatable bonds is 6. The summed E-state index contributed by atoms with van der Waals surface area (Å²) in [7, 11) is 0. The number of carbonyl (C=O) groups excluding carboxylic acids is 1. The lowest BCUT2D eigenvalue weighted by atomic mass is 9.88. The lowest BCUT2D eigenvalue weighted by Crippen LogP contribution is -2.34. The van der Waals surface area contributed by atoms with Gasteiger partial charge in [0.2, 0.25) is 5.91 Å². The lowest BCUT2D eigenvalue weighted by Gasteiger charge is -2.24. The van der Waals surface area contributed by atoms with Crippen LogP contribution in [-0.2, 0) is 4.79 Å². The molecule has 0 aliphatic rings. The van der Waals surface area contributed by atoms with Crippen LogP contribution < -0.4 is 5.32 Å². The summed E-state index contributed by atoms with van der Waals surface area (Å²) in [5, 5.41) is 11.8. The van der Waals surface area contributed by atoms with E-state index >= 15 is 0 Å². The predicted molar refractivity (Wildman–Crippen MR) is 56.9 cm³/mol. The predicted octanol–water partition coefficient (Wildman–Crippen LogP) is 1.30. The van der Waals surface area contributed by atoms with Gasteiger partial charge in [0, 0.05) is 13.2 Å². The van der Waals surface area contributed by atoms with E-state index < -0.39 is 0 Å². The molecule has 4 heteroatoms. The van der Waals surface area contributed by atoms with E-state index in [2.05, 4.69) is 35.1 Å². The van der Waals surface area contributed by atoms with E-state index in [0.717, 1.165) is 12.8 Å². The molecular weight excluding hydrogens is 234 g/mol. The van der Waals surface area contributed by atoms with Crippen LogP contribution in [0.25, 0.3) is 0 Å². The lowest BCUT2D eigenvalue weighted by molar-refractivity contribution is -0.118. The molecule has 0 atom stereocenters. The Kier molecular flexibility index (Phi) is 6.33.